The zero-order chi connectivity index (χ0) is 13.0. The van der Waals surface area contributed by atoms with E-state index >= 15 is 0 Å². The predicted molar refractivity (Wildman–Crippen MR) is 69.3 cm³/mol. The maximum atomic E-state index is 11.2. The van der Waals surface area contributed by atoms with E-state index in [1.807, 2.05) is 42.5 Å². The number of hydrogen-bond acceptors (Lipinski definition) is 3. The Bertz CT molecular complexity index is 548. The fraction of sp³-hybridized carbons (Fsp3) is 0.214. The minimum absolute atomic E-state index is 0.177. The molecule has 94 valence electrons. The number of alkyl carbamates (subject to hydrolysis) is 1. The Kier molecular flexibility index (Phi) is 3.79. The topological polar surface area (TPSA) is 58.6 Å². The number of ether oxygens (including phenoxy) is 1. The predicted octanol–water partition coefficient (Wildman–Crippen LogP) is 2.23. The lowest BCUT2D eigenvalue weighted by Crippen LogP contribution is -2.30. The number of nitrogens with one attached hydrogen (secondary N) is 1. The van der Waals surface area contributed by atoms with Crippen LogP contribution in [0.15, 0.2) is 42.5 Å². The monoisotopic (exact) mass is 245 g/mol. The van der Waals surface area contributed by atoms with E-state index in [9.17, 15) is 9.90 Å². The number of methoxy groups -OCH3 is 1. The highest BCUT2D eigenvalue weighted by molar-refractivity contribution is 5.86. The second kappa shape index (κ2) is 5.51. The van der Waals surface area contributed by atoms with Crippen LogP contribution in [0, 0.1) is 0 Å². The Balaban J connectivity index is 2.41. The lowest BCUT2D eigenvalue weighted by atomic mass is 9.99. The summed E-state index contributed by atoms with van der Waals surface area (Å²) in [6.45, 7) is -0.177. The normalized spacial score (nSPS) is 12.1. The molecule has 2 N–H and O–H groups in total. The molecular weight excluding hydrogens is 230 g/mol. The maximum Gasteiger partial charge on any atom is 0.407 e. The van der Waals surface area contributed by atoms with Crippen LogP contribution in [0.1, 0.15) is 11.6 Å². The Morgan fingerprint density at radius 3 is 2.72 bits per heavy atom. The minimum Gasteiger partial charge on any atom is -0.453 e. The van der Waals surface area contributed by atoms with Gasteiger partial charge in [0.25, 0.3) is 0 Å². The van der Waals surface area contributed by atoms with Crippen LogP contribution in [0.25, 0.3) is 10.8 Å². The van der Waals surface area contributed by atoms with Crippen molar-refractivity contribution in [1.29, 1.82) is 0 Å². The fourth-order valence-corrected chi connectivity index (χ4v) is 1.98. The van der Waals surface area contributed by atoms with Crippen LogP contribution in [0.3, 0.4) is 0 Å². The van der Waals surface area contributed by atoms with Crippen LogP contribution >= 0.6 is 0 Å². The van der Waals surface area contributed by atoms with Crippen molar-refractivity contribution >= 4 is 16.9 Å². The van der Waals surface area contributed by atoms with Crippen molar-refractivity contribution in [3.8, 4) is 0 Å². The molecule has 0 aliphatic heterocycles. The average Bonchev–Trinajstić information content (AvgIpc) is 2.44. The van der Waals surface area contributed by atoms with E-state index in [0.717, 1.165) is 16.3 Å². The third kappa shape index (κ3) is 2.43. The van der Waals surface area contributed by atoms with E-state index in [1.54, 1.807) is 0 Å². The molecule has 1 amide bonds. The summed E-state index contributed by atoms with van der Waals surface area (Å²) in [7, 11) is 1.30. The Labute approximate surface area is 105 Å². The number of hydrogen-bond donors (Lipinski definition) is 2. The molecule has 4 nitrogen and oxygen atoms in total. The first-order chi connectivity index (χ1) is 8.76. The molecule has 2 rings (SSSR count). The number of benzene rings is 2. The van der Waals surface area contributed by atoms with Crippen molar-refractivity contribution in [3.63, 3.8) is 0 Å². The Hall–Kier alpha value is -2.07. The molecule has 0 aliphatic rings. The summed E-state index contributed by atoms with van der Waals surface area (Å²) in [5, 5.41) is 14.1. The molecule has 0 radical (unpaired) electrons. The van der Waals surface area contributed by atoms with E-state index in [2.05, 4.69) is 10.1 Å². The van der Waals surface area contributed by atoms with Gasteiger partial charge in [-0.05, 0) is 16.3 Å². The van der Waals surface area contributed by atoms with E-state index in [1.165, 1.54) is 7.11 Å². The van der Waals surface area contributed by atoms with Crippen LogP contribution in [-0.2, 0) is 4.74 Å². The number of fused-ring (bicyclic) bond motifs is 1. The van der Waals surface area contributed by atoms with Crippen LogP contribution in [0.2, 0.25) is 0 Å². The number of carbonyl (C=O) groups excluding carboxylic acids is 1. The molecule has 18 heavy (non-hydrogen) atoms. The first-order valence-electron chi connectivity index (χ1n) is 5.69. The number of carbonyl (C=O) groups is 1. The molecule has 1 atom stereocenters. The molecule has 0 saturated carbocycles. The molecule has 2 aromatic rings. The number of aliphatic hydroxyl groups is 1. The molecule has 0 unspecified atom stereocenters. The molecule has 0 aromatic heterocycles. The van der Waals surface area contributed by atoms with Gasteiger partial charge in [0, 0.05) is 0 Å². The van der Waals surface area contributed by atoms with E-state index in [0.29, 0.717) is 0 Å². The second-order valence-corrected chi connectivity index (χ2v) is 3.94. The smallest absolute Gasteiger partial charge is 0.407 e. The molecular formula is C14H15NO3. The summed E-state index contributed by atoms with van der Waals surface area (Å²) in [5.74, 6) is 0. The van der Waals surface area contributed by atoms with Crippen LogP contribution in [-0.4, -0.2) is 24.9 Å². The summed E-state index contributed by atoms with van der Waals surface area (Å²) in [6, 6.07) is 13.1. The van der Waals surface area contributed by atoms with Gasteiger partial charge in [0.2, 0.25) is 0 Å². The van der Waals surface area contributed by atoms with Crippen molar-refractivity contribution in [2.75, 3.05) is 13.7 Å². The maximum absolute atomic E-state index is 11.2. The summed E-state index contributed by atoms with van der Waals surface area (Å²) < 4.78 is 4.55. The third-order valence-electron chi connectivity index (χ3n) is 2.86. The zero-order valence-corrected chi connectivity index (χ0v) is 10.1. The van der Waals surface area contributed by atoms with Crippen LogP contribution in [0.5, 0.6) is 0 Å². The highest BCUT2D eigenvalue weighted by Crippen LogP contribution is 2.24. The van der Waals surface area contributed by atoms with E-state index < -0.39 is 12.1 Å². The van der Waals surface area contributed by atoms with Crippen molar-refractivity contribution in [2.24, 2.45) is 0 Å². The molecule has 0 spiro atoms. The van der Waals surface area contributed by atoms with Gasteiger partial charge in [0.1, 0.15) is 0 Å². The number of aliphatic hydroxyl groups excluding tert-OH is 1. The fourth-order valence-electron chi connectivity index (χ4n) is 1.98. The van der Waals surface area contributed by atoms with Crippen molar-refractivity contribution < 1.29 is 14.6 Å². The highest BCUT2D eigenvalue weighted by Gasteiger charge is 2.15. The van der Waals surface area contributed by atoms with Crippen molar-refractivity contribution in [2.45, 2.75) is 6.04 Å². The largest absolute Gasteiger partial charge is 0.453 e. The summed E-state index contributed by atoms with van der Waals surface area (Å²) in [5.41, 5.74) is 0.876. The first kappa shape index (κ1) is 12.4. The van der Waals surface area contributed by atoms with Crippen LogP contribution < -0.4 is 5.32 Å². The van der Waals surface area contributed by atoms with Gasteiger partial charge in [-0.3, -0.25) is 0 Å². The Morgan fingerprint density at radius 1 is 1.28 bits per heavy atom. The van der Waals surface area contributed by atoms with Gasteiger partial charge in [-0.25, -0.2) is 4.79 Å². The summed E-state index contributed by atoms with van der Waals surface area (Å²) in [4.78, 5) is 11.2. The molecule has 0 heterocycles. The van der Waals surface area contributed by atoms with Gasteiger partial charge in [0.05, 0.1) is 19.8 Å². The highest BCUT2D eigenvalue weighted by atomic mass is 16.5. The molecule has 0 saturated heterocycles. The van der Waals surface area contributed by atoms with Crippen molar-refractivity contribution in [1.82, 2.24) is 5.32 Å². The van der Waals surface area contributed by atoms with Gasteiger partial charge < -0.3 is 15.2 Å². The number of rotatable bonds is 3. The third-order valence-corrected chi connectivity index (χ3v) is 2.86. The lowest BCUT2D eigenvalue weighted by molar-refractivity contribution is 0.157. The summed E-state index contributed by atoms with van der Waals surface area (Å²) in [6.07, 6.45) is -0.554. The van der Waals surface area contributed by atoms with Crippen LogP contribution in [0.4, 0.5) is 4.79 Å². The standard InChI is InChI=1S/C14H15NO3/c1-18-14(17)15-13(9-16)12-8-4-6-10-5-2-3-7-11(10)12/h2-8,13,16H,9H2,1H3,(H,15,17)/t13-/m1/s1. The van der Waals surface area contributed by atoms with Crippen molar-refractivity contribution in [3.05, 3.63) is 48.0 Å². The van der Waals surface area contributed by atoms with Gasteiger partial charge >= 0.3 is 6.09 Å². The van der Waals surface area contributed by atoms with E-state index in [-0.39, 0.29) is 6.61 Å². The SMILES string of the molecule is COC(=O)N[C@H](CO)c1cccc2ccccc12. The average molecular weight is 245 g/mol. The molecule has 0 fully saturated rings. The molecule has 0 aliphatic carbocycles. The van der Waals surface area contributed by atoms with Gasteiger partial charge in [-0.2, -0.15) is 0 Å². The lowest BCUT2D eigenvalue weighted by Gasteiger charge is -2.17. The quantitative estimate of drug-likeness (QED) is 0.871. The minimum atomic E-state index is -0.554. The Morgan fingerprint density at radius 2 is 2.00 bits per heavy atom. The number of amides is 1. The van der Waals surface area contributed by atoms with E-state index in [4.69, 9.17) is 0 Å². The van der Waals surface area contributed by atoms with Gasteiger partial charge in [-0.1, -0.05) is 42.5 Å². The first-order valence-corrected chi connectivity index (χ1v) is 5.69. The second-order valence-electron chi connectivity index (χ2n) is 3.94. The van der Waals surface area contributed by atoms with Gasteiger partial charge in [-0.15, -0.1) is 0 Å². The molecule has 4 heteroatoms. The summed E-state index contributed by atoms with van der Waals surface area (Å²) >= 11 is 0. The van der Waals surface area contributed by atoms with Gasteiger partial charge in [0.15, 0.2) is 0 Å². The molecule has 0 bridgehead atoms. The zero-order valence-electron chi connectivity index (χ0n) is 10.1. The molecule has 2 aromatic carbocycles.